The van der Waals surface area contributed by atoms with Crippen LogP contribution in [0.3, 0.4) is 0 Å². The second kappa shape index (κ2) is 6.33. The van der Waals surface area contributed by atoms with Crippen molar-refractivity contribution >= 4 is 0 Å². The Balaban J connectivity index is 2.52. The predicted molar refractivity (Wildman–Crippen MR) is 63.7 cm³/mol. The quantitative estimate of drug-likeness (QED) is 0.819. The van der Waals surface area contributed by atoms with Gasteiger partial charge in [0, 0.05) is 13.1 Å². The van der Waals surface area contributed by atoms with Gasteiger partial charge in [0.15, 0.2) is 0 Å². The van der Waals surface area contributed by atoms with Gasteiger partial charge in [0.1, 0.15) is 5.82 Å². The standard InChI is InChI=1S/C13H17FN2O/c1-9(2)13(17)8-16-7-11-3-10(6-15)4-12(14)5-11/h3-5,9,13,16-17H,7-8H2,1-2H3. The molecule has 0 heterocycles. The molecule has 0 aromatic heterocycles. The lowest BCUT2D eigenvalue weighted by Gasteiger charge is -2.15. The minimum Gasteiger partial charge on any atom is -0.392 e. The molecule has 3 nitrogen and oxygen atoms in total. The van der Waals surface area contributed by atoms with E-state index in [0.29, 0.717) is 24.2 Å². The molecule has 0 saturated heterocycles. The fraction of sp³-hybridized carbons (Fsp3) is 0.462. The Morgan fingerprint density at radius 2 is 2.12 bits per heavy atom. The third kappa shape index (κ3) is 4.51. The minimum atomic E-state index is -0.418. The van der Waals surface area contributed by atoms with Crippen molar-refractivity contribution in [2.24, 2.45) is 5.92 Å². The zero-order valence-electron chi connectivity index (χ0n) is 10.1. The predicted octanol–water partition coefficient (Wildman–Crippen LogP) is 1.80. The van der Waals surface area contributed by atoms with Gasteiger partial charge in [-0.2, -0.15) is 5.26 Å². The fourth-order valence-electron chi connectivity index (χ4n) is 1.42. The highest BCUT2D eigenvalue weighted by Crippen LogP contribution is 2.08. The molecule has 2 N–H and O–H groups in total. The van der Waals surface area contributed by atoms with E-state index in [1.807, 2.05) is 19.9 Å². The van der Waals surface area contributed by atoms with Crippen molar-refractivity contribution in [1.29, 1.82) is 5.26 Å². The summed E-state index contributed by atoms with van der Waals surface area (Å²) < 4.78 is 13.1. The van der Waals surface area contributed by atoms with Crippen molar-refractivity contribution in [2.75, 3.05) is 6.54 Å². The van der Waals surface area contributed by atoms with Crippen LogP contribution in [-0.2, 0) is 6.54 Å². The Morgan fingerprint density at radius 1 is 1.41 bits per heavy atom. The highest BCUT2D eigenvalue weighted by molar-refractivity contribution is 5.33. The summed E-state index contributed by atoms with van der Waals surface area (Å²) in [6, 6.07) is 6.13. The molecule has 0 spiro atoms. The van der Waals surface area contributed by atoms with Gasteiger partial charge in [-0.1, -0.05) is 13.8 Å². The number of nitrogens with zero attached hydrogens (tertiary/aromatic N) is 1. The van der Waals surface area contributed by atoms with Crippen LogP contribution in [0.5, 0.6) is 0 Å². The molecule has 0 bridgehead atoms. The minimum absolute atomic E-state index is 0.185. The number of hydrogen-bond donors (Lipinski definition) is 2. The van der Waals surface area contributed by atoms with E-state index in [-0.39, 0.29) is 5.92 Å². The van der Waals surface area contributed by atoms with E-state index < -0.39 is 11.9 Å². The molecule has 1 atom stereocenters. The maximum absolute atomic E-state index is 13.1. The summed E-state index contributed by atoms with van der Waals surface area (Å²) >= 11 is 0. The number of nitrogens with one attached hydrogen (secondary N) is 1. The van der Waals surface area contributed by atoms with Crippen molar-refractivity contribution in [1.82, 2.24) is 5.32 Å². The van der Waals surface area contributed by atoms with Gasteiger partial charge < -0.3 is 10.4 Å². The Bertz CT molecular complexity index is 412. The largest absolute Gasteiger partial charge is 0.392 e. The van der Waals surface area contributed by atoms with E-state index in [1.165, 1.54) is 12.1 Å². The molecule has 92 valence electrons. The number of aliphatic hydroxyl groups is 1. The van der Waals surface area contributed by atoms with Crippen molar-refractivity contribution in [2.45, 2.75) is 26.5 Å². The number of benzene rings is 1. The highest BCUT2D eigenvalue weighted by Gasteiger charge is 2.08. The lowest BCUT2D eigenvalue weighted by atomic mass is 10.1. The van der Waals surface area contributed by atoms with Crippen LogP contribution in [0.4, 0.5) is 4.39 Å². The average Bonchev–Trinajstić information content (AvgIpc) is 2.27. The van der Waals surface area contributed by atoms with Gasteiger partial charge in [-0.15, -0.1) is 0 Å². The van der Waals surface area contributed by atoms with Crippen molar-refractivity contribution in [3.63, 3.8) is 0 Å². The van der Waals surface area contributed by atoms with Crippen LogP contribution in [-0.4, -0.2) is 17.8 Å². The SMILES string of the molecule is CC(C)C(O)CNCc1cc(F)cc(C#N)c1. The van der Waals surface area contributed by atoms with Gasteiger partial charge in [0.05, 0.1) is 17.7 Å². The van der Waals surface area contributed by atoms with E-state index in [0.717, 1.165) is 0 Å². The van der Waals surface area contributed by atoms with Crippen LogP contribution >= 0.6 is 0 Å². The lowest BCUT2D eigenvalue weighted by Crippen LogP contribution is -2.30. The van der Waals surface area contributed by atoms with E-state index >= 15 is 0 Å². The number of hydrogen-bond acceptors (Lipinski definition) is 3. The molecule has 17 heavy (non-hydrogen) atoms. The Kier molecular flexibility index (Phi) is 5.08. The van der Waals surface area contributed by atoms with Gasteiger partial charge in [-0.05, 0) is 29.7 Å². The Morgan fingerprint density at radius 3 is 2.71 bits per heavy atom. The molecule has 0 saturated carbocycles. The molecule has 0 radical (unpaired) electrons. The van der Waals surface area contributed by atoms with E-state index in [4.69, 9.17) is 5.26 Å². The van der Waals surface area contributed by atoms with Crippen molar-refractivity contribution in [3.05, 3.63) is 35.1 Å². The second-order valence-corrected chi connectivity index (χ2v) is 4.40. The van der Waals surface area contributed by atoms with E-state index in [2.05, 4.69) is 5.32 Å². The molecule has 0 aliphatic rings. The summed E-state index contributed by atoms with van der Waals surface area (Å²) in [4.78, 5) is 0. The first-order valence-corrected chi connectivity index (χ1v) is 5.61. The maximum Gasteiger partial charge on any atom is 0.124 e. The number of halogens is 1. The Hall–Kier alpha value is -1.44. The summed E-state index contributed by atoms with van der Waals surface area (Å²) in [5.41, 5.74) is 1.02. The third-order valence-electron chi connectivity index (χ3n) is 2.54. The fourth-order valence-corrected chi connectivity index (χ4v) is 1.42. The number of rotatable bonds is 5. The number of nitriles is 1. The Labute approximate surface area is 101 Å². The zero-order valence-corrected chi connectivity index (χ0v) is 10.1. The maximum atomic E-state index is 13.1. The molecule has 0 aliphatic heterocycles. The molecule has 0 fully saturated rings. The monoisotopic (exact) mass is 236 g/mol. The molecule has 1 aromatic rings. The van der Waals surface area contributed by atoms with Crippen LogP contribution in [0.15, 0.2) is 18.2 Å². The van der Waals surface area contributed by atoms with Gasteiger partial charge in [-0.3, -0.25) is 0 Å². The molecule has 1 rings (SSSR count). The molecule has 1 unspecified atom stereocenters. The normalized spacial score (nSPS) is 12.5. The van der Waals surface area contributed by atoms with Gasteiger partial charge >= 0.3 is 0 Å². The van der Waals surface area contributed by atoms with Crippen LogP contribution < -0.4 is 5.32 Å². The smallest absolute Gasteiger partial charge is 0.124 e. The zero-order chi connectivity index (χ0) is 12.8. The van der Waals surface area contributed by atoms with Gasteiger partial charge in [-0.25, -0.2) is 4.39 Å². The summed E-state index contributed by atoms with van der Waals surface area (Å²) in [5.74, 6) is -0.227. The van der Waals surface area contributed by atoms with Crippen LogP contribution in [0.2, 0.25) is 0 Å². The summed E-state index contributed by atoms with van der Waals surface area (Å²) in [6.45, 7) is 4.76. The molecular weight excluding hydrogens is 219 g/mol. The second-order valence-electron chi connectivity index (χ2n) is 4.40. The average molecular weight is 236 g/mol. The lowest BCUT2D eigenvalue weighted by molar-refractivity contribution is 0.123. The van der Waals surface area contributed by atoms with Crippen molar-refractivity contribution in [3.8, 4) is 6.07 Å². The highest BCUT2D eigenvalue weighted by atomic mass is 19.1. The molecule has 0 aliphatic carbocycles. The van der Waals surface area contributed by atoms with Gasteiger partial charge in [0.2, 0.25) is 0 Å². The van der Waals surface area contributed by atoms with Crippen LogP contribution in [0.1, 0.15) is 25.0 Å². The third-order valence-corrected chi connectivity index (χ3v) is 2.54. The first-order chi connectivity index (χ1) is 8.02. The van der Waals surface area contributed by atoms with Crippen LogP contribution in [0, 0.1) is 23.1 Å². The van der Waals surface area contributed by atoms with Gasteiger partial charge in [0.25, 0.3) is 0 Å². The molecule has 0 amide bonds. The summed E-state index contributed by atoms with van der Waals surface area (Å²) in [7, 11) is 0. The van der Waals surface area contributed by atoms with Crippen LogP contribution in [0.25, 0.3) is 0 Å². The first-order valence-electron chi connectivity index (χ1n) is 5.61. The number of aliphatic hydroxyl groups excluding tert-OH is 1. The molecule has 4 heteroatoms. The van der Waals surface area contributed by atoms with E-state index in [1.54, 1.807) is 6.07 Å². The molecule has 1 aromatic carbocycles. The van der Waals surface area contributed by atoms with E-state index in [9.17, 15) is 9.50 Å². The summed E-state index contributed by atoms with van der Waals surface area (Å²) in [5, 5.41) is 21.3. The molecular formula is C13H17FN2O. The topological polar surface area (TPSA) is 56.0 Å². The summed E-state index contributed by atoms with van der Waals surface area (Å²) in [6.07, 6.45) is -0.418. The van der Waals surface area contributed by atoms with Crippen molar-refractivity contribution < 1.29 is 9.50 Å². The first kappa shape index (κ1) is 13.6.